The van der Waals surface area contributed by atoms with Gasteiger partial charge in [-0.3, -0.25) is 0 Å². The molecule has 4 aromatic rings. The Hall–Kier alpha value is -2.48. The van der Waals surface area contributed by atoms with Crippen molar-refractivity contribution in [2.24, 2.45) is 0 Å². The van der Waals surface area contributed by atoms with Crippen LogP contribution in [0.1, 0.15) is 0 Å². The number of hydrogen-bond acceptors (Lipinski definition) is 0. The van der Waals surface area contributed by atoms with Crippen molar-refractivity contribution < 1.29 is 0 Å². The van der Waals surface area contributed by atoms with Crippen LogP contribution in [0.25, 0.3) is 11.1 Å². The summed E-state index contributed by atoms with van der Waals surface area (Å²) in [5.41, 5.74) is 2.62. The molecule has 0 N–H and O–H groups in total. The molecule has 0 aliphatic carbocycles. The average Bonchev–Trinajstić information content (AvgIpc) is 3.00. The van der Waals surface area contributed by atoms with Crippen LogP contribution in [0.15, 0.2) is 123 Å². The monoisotopic (exact) mass is 372 g/mol. The van der Waals surface area contributed by atoms with E-state index in [0.717, 1.165) is 5.02 Å². The van der Waals surface area contributed by atoms with E-state index in [2.05, 4.69) is 97.1 Å². The summed E-state index contributed by atoms with van der Waals surface area (Å²) in [6, 6.07) is 36.9. The van der Waals surface area contributed by atoms with Crippen LogP contribution in [0, 0.1) is 0 Å². The lowest BCUT2D eigenvalue weighted by molar-refractivity contribution is 1.29. The van der Waals surface area contributed by atoms with Gasteiger partial charge in [-0.05, 0) is 53.6 Å². The summed E-state index contributed by atoms with van der Waals surface area (Å²) < 4.78 is 0. The second kappa shape index (κ2) is 6.05. The highest BCUT2D eigenvalue weighted by Crippen LogP contribution is 2.79. The lowest BCUT2D eigenvalue weighted by atomic mass is 10.1. The zero-order valence-electron chi connectivity index (χ0n) is 14.1. The largest absolute Gasteiger partial charge is 0.132 e. The predicted octanol–water partition coefficient (Wildman–Crippen LogP) is 7.66. The van der Waals surface area contributed by atoms with Gasteiger partial charge in [0.1, 0.15) is 0 Å². The van der Waals surface area contributed by atoms with Crippen LogP contribution in [-0.4, -0.2) is 0 Å². The molecule has 4 aromatic carbocycles. The van der Waals surface area contributed by atoms with E-state index in [9.17, 15) is 0 Å². The molecule has 0 saturated carbocycles. The summed E-state index contributed by atoms with van der Waals surface area (Å²) in [7, 11) is -1.54. The molecule has 0 radical (unpaired) electrons. The average molecular weight is 373 g/mol. The summed E-state index contributed by atoms with van der Waals surface area (Å²) in [6.07, 6.45) is 0. The first-order valence-corrected chi connectivity index (χ1v) is 10.7. The van der Waals surface area contributed by atoms with Crippen molar-refractivity contribution in [3.05, 3.63) is 108 Å². The fourth-order valence-corrected chi connectivity index (χ4v) is 8.43. The van der Waals surface area contributed by atoms with Gasteiger partial charge in [-0.25, -0.2) is 0 Å². The van der Waals surface area contributed by atoms with Crippen molar-refractivity contribution in [1.29, 1.82) is 0 Å². The zero-order valence-corrected chi connectivity index (χ0v) is 15.7. The first-order valence-electron chi connectivity index (χ1n) is 8.64. The van der Waals surface area contributed by atoms with E-state index in [0.29, 0.717) is 0 Å². The molecule has 1 aliphatic rings. The Morgan fingerprint density at radius 3 is 1.69 bits per heavy atom. The Morgan fingerprint density at radius 1 is 0.500 bits per heavy atom. The molecule has 0 nitrogen and oxygen atoms in total. The zero-order chi connectivity index (χ0) is 17.6. The van der Waals surface area contributed by atoms with Gasteiger partial charge in [-0.15, -0.1) is 10.0 Å². The fourth-order valence-electron chi connectivity index (χ4n) is 3.94. The number of benzene rings is 4. The standard InChI is InChI=1S/C24H17ClS/c25-18-15-16-22-21-13-7-8-14-23(21)26(24(22)17-18,19-9-3-1-4-10-19)20-11-5-2-6-12-20/h1-17H. The third-order valence-corrected chi connectivity index (χ3v) is 9.18. The first-order chi connectivity index (χ1) is 12.8. The Kier molecular flexibility index (Phi) is 3.66. The molecule has 2 heteroatoms. The topological polar surface area (TPSA) is 0 Å². The molecule has 0 atom stereocenters. The molecule has 1 heterocycles. The van der Waals surface area contributed by atoms with E-state index < -0.39 is 10.0 Å². The highest BCUT2D eigenvalue weighted by atomic mass is 35.5. The van der Waals surface area contributed by atoms with Crippen LogP contribution in [0.4, 0.5) is 0 Å². The Labute approximate surface area is 160 Å². The second-order valence-corrected chi connectivity index (χ2v) is 9.86. The molecule has 26 heavy (non-hydrogen) atoms. The summed E-state index contributed by atoms with van der Waals surface area (Å²) in [4.78, 5) is 5.43. The van der Waals surface area contributed by atoms with Crippen LogP contribution in [0.2, 0.25) is 5.02 Å². The van der Waals surface area contributed by atoms with Gasteiger partial charge in [0.2, 0.25) is 0 Å². The Balaban J connectivity index is 1.99. The second-order valence-electron chi connectivity index (χ2n) is 6.38. The van der Waals surface area contributed by atoms with Crippen molar-refractivity contribution in [3.8, 4) is 11.1 Å². The van der Waals surface area contributed by atoms with Gasteiger partial charge >= 0.3 is 0 Å². The Morgan fingerprint density at radius 2 is 1.04 bits per heavy atom. The maximum absolute atomic E-state index is 6.48. The van der Waals surface area contributed by atoms with Gasteiger partial charge in [-0.1, -0.05) is 72.3 Å². The van der Waals surface area contributed by atoms with Crippen molar-refractivity contribution in [2.75, 3.05) is 0 Å². The van der Waals surface area contributed by atoms with E-state index in [4.69, 9.17) is 11.6 Å². The summed E-state index contributed by atoms with van der Waals surface area (Å²) in [5.74, 6) is 0. The molecule has 0 bridgehead atoms. The minimum atomic E-state index is -1.54. The summed E-state index contributed by atoms with van der Waals surface area (Å²) in [6.45, 7) is 0. The smallest absolute Gasteiger partial charge is 0.0417 e. The van der Waals surface area contributed by atoms with Gasteiger partial charge in [0, 0.05) is 24.6 Å². The minimum absolute atomic E-state index is 0.792. The third-order valence-electron chi connectivity index (χ3n) is 4.97. The molecule has 0 unspecified atom stereocenters. The molecule has 5 rings (SSSR count). The molecule has 126 valence electrons. The van der Waals surface area contributed by atoms with Crippen LogP contribution in [-0.2, 0) is 0 Å². The highest BCUT2D eigenvalue weighted by Gasteiger charge is 2.41. The van der Waals surface area contributed by atoms with Gasteiger partial charge in [0.15, 0.2) is 0 Å². The predicted molar refractivity (Wildman–Crippen MR) is 110 cm³/mol. The van der Waals surface area contributed by atoms with Gasteiger partial charge in [0.05, 0.1) is 0 Å². The number of halogens is 1. The fraction of sp³-hybridized carbons (Fsp3) is 0. The van der Waals surface area contributed by atoms with Crippen LogP contribution in [0.5, 0.6) is 0 Å². The molecular formula is C24H17ClS. The normalized spacial score (nSPS) is 15.1. The third kappa shape index (κ3) is 2.11. The SMILES string of the molecule is Clc1ccc2c(c1)S(c1ccccc1)(c1ccccc1)c1ccccc1-2. The lowest BCUT2D eigenvalue weighted by Gasteiger charge is -2.39. The van der Waals surface area contributed by atoms with Crippen LogP contribution >= 0.6 is 21.6 Å². The number of fused-ring (bicyclic) bond motifs is 3. The summed E-state index contributed by atoms with van der Waals surface area (Å²) >= 11 is 6.48. The highest BCUT2D eigenvalue weighted by molar-refractivity contribution is 8.34. The lowest BCUT2D eigenvalue weighted by Crippen LogP contribution is -2.01. The molecule has 1 aliphatic heterocycles. The van der Waals surface area contributed by atoms with Crippen molar-refractivity contribution in [3.63, 3.8) is 0 Å². The van der Waals surface area contributed by atoms with Crippen molar-refractivity contribution in [1.82, 2.24) is 0 Å². The van der Waals surface area contributed by atoms with Crippen molar-refractivity contribution >= 4 is 21.6 Å². The van der Waals surface area contributed by atoms with Gasteiger partial charge < -0.3 is 0 Å². The van der Waals surface area contributed by atoms with Gasteiger partial charge in [-0.2, -0.15) is 0 Å². The molecular weight excluding hydrogens is 356 g/mol. The Bertz CT molecular complexity index is 1050. The van der Waals surface area contributed by atoms with Crippen molar-refractivity contribution in [2.45, 2.75) is 19.6 Å². The van der Waals surface area contributed by atoms with Crippen LogP contribution in [0.3, 0.4) is 0 Å². The summed E-state index contributed by atoms with van der Waals surface area (Å²) in [5, 5.41) is 0.792. The number of hydrogen-bond donors (Lipinski definition) is 0. The van der Waals surface area contributed by atoms with E-state index in [1.54, 1.807) is 0 Å². The maximum Gasteiger partial charge on any atom is 0.0417 e. The molecule has 0 spiro atoms. The van der Waals surface area contributed by atoms with E-state index in [-0.39, 0.29) is 0 Å². The molecule has 0 fully saturated rings. The molecule has 0 aromatic heterocycles. The number of rotatable bonds is 2. The molecule has 0 amide bonds. The van der Waals surface area contributed by atoms with Gasteiger partial charge in [0.25, 0.3) is 0 Å². The molecule has 0 saturated heterocycles. The maximum atomic E-state index is 6.48. The first kappa shape index (κ1) is 15.7. The minimum Gasteiger partial charge on any atom is -0.132 e. The van der Waals surface area contributed by atoms with E-state index in [1.807, 2.05) is 6.07 Å². The van der Waals surface area contributed by atoms with E-state index >= 15 is 0 Å². The van der Waals surface area contributed by atoms with Crippen LogP contribution < -0.4 is 0 Å². The van der Waals surface area contributed by atoms with E-state index in [1.165, 1.54) is 30.7 Å². The quantitative estimate of drug-likeness (QED) is 0.298.